The number of aliphatic hydroxyl groups excluding tert-OH is 1. The molecule has 6 heteroatoms. The van der Waals surface area contributed by atoms with Crippen LogP contribution in [-0.4, -0.2) is 41.3 Å². The summed E-state index contributed by atoms with van der Waals surface area (Å²) < 4.78 is 11.0. The molecular weight excluding hydrogens is 382 g/mol. The van der Waals surface area contributed by atoms with Gasteiger partial charge >= 0.3 is 6.09 Å². The Morgan fingerprint density at radius 3 is 2.13 bits per heavy atom. The maximum atomic E-state index is 12.7. The highest BCUT2D eigenvalue weighted by atomic mass is 16.6. The van der Waals surface area contributed by atoms with E-state index in [2.05, 4.69) is 12.2 Å². The van der Waals surface area contributed by atoms with Crippen LogP contribution in [0.15, 0.2) is 24.3 Å². The molecule has 1 aromatic carbocycles. The van der Waals surface area contributed by atoms with Gasteiger partial charge in [-0.2, -0.15) is 0 Å². The van der Waals surface area contributed by atoms with Crippen LogP contribution in [0.1, 0.15) is 78.7 Å². The Morgan fingerprint density at radius 2 is 1.57 bits per heavy atom. The monoisotopic (exact) mass is 421 g/mol. The molecule has 0 fully saturated rings. The van der Waals surface area contributed by atoms with Gasteiger partial charge in [0, 0.05) is 6.42 Å². The van der Waals surface area contributed by atoms with Crippen molar-refractivity contribution < 1.29 is 24.2 Å². The van der Waals surface area contributed by atoms with Crippen LogP contribution in [0, 0.1) is 0 Å². The van der Waals surface area contributed by atoms with Gasteiger partial charge in [-0.15, -0.1) is 0 Å². The Morgan fingerprint density at radius 1 is 0.967 bits per heavy atom. The number of amides is 1. The van der Waals surface area contributed by atoms with Gasteiger partial charge in [-0.1, -0.05) is 51.2 Å². The van der Waals surface area contributed by atoms with Gasteiger partial charge in [0.05, 0.1) is 13.2 Å². The number of nitrogens with one attached hydrogen (secondary N) is 1. The fourth-order valence-corrected chi connectivity index (χ4v) is 2.88. The smallest absolute Gasteiger partial charge is 0.408 e. The first-order valence-electron chi connectivity index (χ1n) is 11.0. The molecule has 0 radical (unpaired) electrons. The molecule has 30 heavy (non-hydrogen) atoms. The quantitative estimate of drug-likeness (QED) is 0.446. The van der Waals surface area contributed by atoms with Gasteiger partial charge < -0.3 is 19.9 Å². The van der Waals surface area contributed by atoms with E-state index in [-0.39, 0.29) is 12.2 Å². The van der Waals surface area contributed by atoms with Gasteiger partial charge in [0.15, 0.2) is 5.78 Å². The zero-order valence-electron chi connectivity index (χ0n) is 19.3. The summed E-state index contributed by atoms with van der Waals surface area (Å²) >= 11 is 0. The highest BCUT2D eigenvalue weighted by Gasteiger charge is 2.35. The summed E-state index contributed by atoms with van der Waals surface area (Å²) in [5.41, 5.74) is -1.30. The second-order valence-corrected chi connectivity index (χ2v) is 8.98. The third-order valence-corrected chi connectivity index (χ3v) is 4.76. The van der Waals surface area contributed by atoms with Crippen molar-refractivity contribution in [2.45, 2.75) is 90.7 Å². The molecule has 0 aliphatic rings. The van der Waals surface area contributed by atoms with E-state index in [9.17, 15) is 14.7 Å². The topological polar surface area (TPSA) is 84.9 Å². The minimum absolute atomic E-state index is 0.0879. The Labute approximate surface area is 181 Å². The number of alkyl carbamates (subject to hydrolysis) is 1. The van der Waals surface area contributed by atoms with Crippen molar-refractivity contribution in [3.63, 3.8) is 0 Å². The largest absolute Gasteiger partial charge is 0.494 e. The first-order chi connectivity index (χ1) is 14.1. The van der Waals surface area contributed by atoms with E-state index in [1.165, 1.54) is 39.0 Å². The number of hydrogen-bond donors (Lipinski definition) is 2. The van der Waals surface area contributed by atoms with Crippen LogP contribution in [-0.2, 0) is 16.0 Å². The van der Waals surface area contributed by atoms with E-state index < -0.39 is 23.8 Å². The summed E-state index contributed by atoms with van der Waals surface area (Å²) in [6, 6.07) is 7.36. The molecule has 1 amide bonds. The zero-order valence-corrected chi connectivity index (χ0v) is 19.3. The third-order valence-electron chi connectivity index (χ3n) is 4.76. The second kappa shape index (κ2) is 12.6. The molecule has 170 valence electrons. The number of hydrogen-bond acceptors (Lipinski definition) is 5. The molecule has 0 aliphatic carbocycles. The van der Waals surface area contributed by atoms with E-state index in [0.29, 0.717) is 6.61 Å². The Bertz CT molecular complexity index is 651. The number of Topliss-reactive ketones (excluding diaryl/α,β-unsaturated/α-hetero) is 1. The SMILES string of the molecule is CCCCCCCCOc1ccc(CC(=O)[C@](C)(CO)NC(=O)OC(C)(C)C)cc1. The van der Waals surface area contributed by atoms with Crippen molar-refractivity contribution >= 4 is 11.9 Å². The summed E-state index contributed by atoms with van der Waals surface area (Å²) in [6.45, 7) is 9.10. The van der Waals surface area contributed by atoms with E-state index >= 15 is 0 Å². The van der Waals surface area contributed by atoms with Crippen molar-refractivity contribution in [3.05, 3.63) is 29.8 Å². The number of ketones is 1. The van der Waals surface area contributed by atoms with Crippen LogP contribution >= 0.6 is 0 Å². The van der Waals surface area contributed by atoms with Crippen LogP contribution < -0.4 is 10.1 Å². The molecule has 1 atom stereocenters. The first-order valence-corrected chi connectivity index (χ1v) is 11.0. The first kappa shape index (κ1) is 26.0. The van der Waals surface area contributed by atoms with Gasteiger partial charge in [-0.3, -0.25) is 4.79 Å². The number of rotatable bonds is 13. The van der Waals surface area contributed by atoms with Gasteiger partial charge in [-0.25, -0.2) is 4.79 Å². The van der Waals surface area contributed by atoms with Gasteiger partial charge in [0.25, 0.3) is 0 Å². The lowest BCUT2D eigenvalue weighted by Gasteiger charge is -2.29. The normalized spacial score (nSPS) is 13.4. The Balaban J connectivity index is 2.50. The summed E-state index contributed by atoms with van der Waals surface area (Å²) in [4.78, 5) is 24.7. The average Bonchev–Trinajstić information content (AvgIpc) is 2.66. The Kier molecular flexibility index (Phi) is 10.9. The minimum atomic E-state index is -1.41. The third kappa shape index (κ3) is 10.1. The number of carbonyl (C=O) groups excluding carboxylic acids is 2. The summed E-state index contributed by atoms with van der Waals surface area (Å²) in [6.07, 6.45) is 6.65. The standard InChI is InChI=1S/C24H39NO5/c1-6-7-8-9-10-11-16-29-20-14-12-19(13-15-20)17-21(27)24(5,18-26)25-22(28)30-23(2,3)4/h12-15,26H,6-11,16-18H2,1-5H3,(H,25,28)/t24-/m0/s1. The van der Waals surface area contributed by atoms with Gasteiger partial charge in [0.2, 0.25) is 0 Å². The van der Waals surface area contributed by atoms with Crippen molar-refractivity contribution in [3.8, 4) is 5.75 Å². The fraction of sp³-hybridized carbons (Fsp3) is 0.667. The highest BCUT2D eigenvalue weighted by Crippen LogP contribution is 2.17. The minimum Gasteiger partial charge on any atom is -0.494 e. The molecule has 0 heterocycles. The van der Waals surface area contributed by atoms with Crippen LogP contribution in [0.2, 0.25) is 0 Å². The van der Waals surface area contributed by atoms with E-state index in [0.717, 1.165) is 17.7 Å². The van der Waals surface area contributed by atoms with Crippen molar-refractivity contribution in [2.24, 2.45) is 0 Å². The molecule has 1 aromatic rings. The average molecular weight is 422 g/mol. The zero-order chi connectivity index (χ0) is 22.6. The molecule has 0 saturated heterocycles. The lowest BCUT2D eigenvalue weighted by atomic mass is 9.92. The Hall–Kier alpha value is -2.08. The molecule has 0 aliphatic heterocycles. The molecule has 6 nitrogen and oxygen atoms in total. The molecule has 0 spiro atoms. The highest BCUT2D eigenvalue weighted by molar-refractivity contribution is 5.93. The maximum Gasteiger partial charge on any atom is 0.408 e. The number of unbranched alkanes of at least 4 members (excludes halogenated alkanes) is 5. The van der Waals surface area contributed by atoms with Crippen LogP contribution in [0.4, 0.5) is 4.79 Å². The molecule has 0 saturated carbocycles. The van der Waals surface area contributed by atoms with Crippen molar-refractivity contribution in [1.29, 1.82) is 0 Å². The second-order valence-electron chi connectivity index (χ2n) is 8.98. The predicted molar refractivity (Wildman–Crippen MR) is 119 cm³/mol. The lowest BCUT2D eigenvalue weighted by molar-refractivity contribution is -0.125. The van der Waals surface area contributed by atoms with E-state index in [1.807, 2.05) is 24.3 Å². The lowest BCUT2D eigenvalue weighted by Crippen LogP contribution is -2.56. The number of ether oxygens (including phenoxy) is 2. The van der Waals surface area contributed by atoms with Crippen molar-refractivity contribution in [1.82, 2.24) is 5.32 Å². The molecule has 2 N–H and O–H groups in total. The fourth-order valence-electron chi connectivity index (χ4n) is 2.88. The summed E-state index contributed by atoms with van der Waals surface area (Å²) in [7, 11) is 0. The number of carbonyl (C=O) groups is 2. The molecule has 1 rings (SSSR count). The van der Waals surface area contributed by atoms with E-state index in [1.54, 1.807) is 20.8 Å². The summed E-state index contributed by atoms with van der Waals surface area (Å²) in [5.74, 6) is 0.480. The van der Waals surface area contributed by atoms with Crippen molar-refractivity contribution in [2.75, 3.05) is 13.2 Å². The number of aliphatic hydroxyl groups is 1. The van der Waals surface area contributed by atoms with Crippen LogP contribution in [0.3, 0.4) is 0 Å². The molecule has 0 bridgehead atoms. The number of benzene rings is 1. The van der Waals surface area contributed by atoms with Gasteiger partial charge in [-0.05, 0) is 51.8 Å². The van der Waals surface area contributed by atoms with Crippen LogP contribution in [0.25, 0.3) is 0 Å². The van der Waals surface area contributed by atoms with E-state index in [4.69, 9.17) is 9.47 Å². The molecule has 0 unspecified atom stereocenters. The predicted octanol–water partition coefficient (Wildman–Crippen LogP) is 4.81. The molecule has 0 aromatic heterocycles. The summed E-state index contributed by atoms with van der Waals surface area (Å²) in [5, 5.41) is 12.2. The van der Waals surface area contributed by atoms with Gasteiger partial charge in [0.1, 0.15) is 16.9 Å². The van der Waals surface area contributed by atoms with Crippen LogP contribution in [0.5, 0.6) is 5.75 Å². The maximum absolute atomic E-state index is 12.7. The molecular formula is C24H39NO5.